The maximum atomic E-state index is 10.5. The Morgan fingerprint density at radius 1 is 1.50 bits per heavy atom. The molecule has 2 aromatic rings. The summed E-state index contributed by atoms with van der Waals surface area (Å²) in [6, 6.07) is 6.08. The first-order valence-electron chi connectivity index (χ1n) is 4.67. The number of carboxylic acids is 1. The second kappa shape index (κ2) is 4.39. The van der Waals surface area contributed by atoms with E-state index >= 15 is 0 Å². The lowest BCUT2D eigenvalue weighted by atomic mass is 10.1. The smallest absolute Gasteiger partial charge is 0.328 e. The summed E-state index contributed by atoms with van der Waals surface area (Å²) in [6.07, 6.45) is 2.82. The molecule has 2 rings (SSSR count). The van der Waals surface area contributed by atoms with E-state index in [0.717, 1.165) is 14.9 Å². The van der Waals surface area contributed by atoms with Crippen LogP contribution in [0.15, 0.2) is 28.7 Å². The van der Waals surface area contributed by atoms with Gasteiger partial charge in [0.25, 0.3) is 0 Å². The number of rotatable bonds is 2. The number of thiophene rings is 1. The summed E-state index contributed by atoms with van der Waals surface area (Å²) in [5, 5.41) is 9.77. The minimum Gasteiger partial charge on any atom is -0.478 e. The van der Waals surface area contributed by atoms with Crippen molar-refractivity contribution < 1.29 is 9.90 Å². The quantitative estimate of drug-likeness (QED) is 0.848. The van der Waals surface area contributed by atoms with Gasteiger partial charge in [-0.3, -0.25) is 0 Å². The van der Waals surface area contributed by atoms with Gasteiger partial charge in [0.2, 0.25) is 0 Å². The standard InChI is InChI=1S/C12H9BrO2S/c1-7-9-6-8(13)2-3-11(9)16-10(7)4-5-12(14)15/h2-6H,1H3,(H,14,15)/b5-4+. The van der Waals surface area contributed by atoms with Crippen LogP contribution in [0.25, 0.3) is 16.2 Å². The van der Waals surface area contributed by atoms with Gasteiger partial charge in [0.05, 0.1) is 0 Å². The first-order valence-corrected chi connectivity index (χ1v) is 6.28. The Bertz CT molecular complexity index is 584. The fourth-order valence-corrected chi connectivity index (χ4v) is 2.97. The number of carboxylic acid groups (broad SMARTS) is 1. The van der Waals surface area contributed by atoms with Gasteiger partial charge in [-0.1, -0.05) is 15.9 Å². The van der Waals surface area contributed by atoms with Gasteiger partial charge in [-0.15, -0.1) is 11.3 Å². The van der Waals surface area contributed by atoms with E-state index in [2.05, 4.69) is 22.0 Å². The normalized spacial score (nSPS) is 11.4. The van der Waals surface area contributed by atoms with E-state index in [9.17, 15) is 4.79 Å². The molecule has 1 aromatic heterocycles. The second-order valence-electron chi connectivity index (χ2n) is 3.40. The molecule has 82 valence electrons. The molecule has 1 N–H and O–H groups in total. The molecular formula is C12H9BrO2S. The molecule has 0 radical (unpaired) electrons. The molecule has 0 aliphatic heterocycles. The van der Waals surface area contributed by atoms with E-state index in [1.54, 1.807) is 17.4 Å². The van der Waals surface area contributed by atoms with E-state index in [1.807, 2.05) is 19.1 Å². The number of hydrogen-bond acceptors (Lipinski definition) is 2. The average molecular weight is 297 g/mol. The first kappa shape index (κ1) is 11.4. The van der Waals surface area contributed by atoms with E-state index in [1.165, 1.54) is 16.2 Å². The van der Waals surface area contributed by atoms with Crippen LogP contribution in [0.2, 0.25) is 0 Å². The molecule has 0 spiro atoms. The zero-order chi connectivity index (χ0) is 11.7. The molecule has 0 aliphatic rings. The molecule has 0 aliphatic carbocycles. The summed E-state index contributed by atoms with van der Waals surface area (Å²) < 4.78 is 2.21. The van der Waals surface area contributed by atoms with Gasteiger partial charge >= 0.3 is 5.97 Å². The fourth-order valence-electron chi connectivity index (χ4n) is 1.52. The number of hydrogen-bond donors (Lipinski definition) is 1. The van der Waals surface area contributed by atoms with E-state index < -0.39 is 5.97 Å². The van der Waals surface area contributed by atoms with Crippen LogP contribution in [-0.2, 0) is 4.79 Å². The number of benzene rings is 1. The molecular weight excluding hydrogens is 288 g/mol. The summed E-state index contributed by atoms with van der Waals surface area (Å²) in [5.74, 6) is -0.918. The number of fused-ring (bicyclic) bond motifs is 1. The minimum absolute atomic E-state index is 0.918. The van der Waals surface area contributed by atoms with Gasteiger partial charge in [0.15, 0.2) is 0 Å². The lowest BCUT2D eigenvalue weighted by Crippen LogP contribution is -1.85. The maximum Gasteiger partial charge on any atom is 0.328 e. The number of halogens is 1. The number of aliphatic carboxylic acids is 1. The minimum atomic E-state index is -0.918. The fraction of sp³-hybridized carbons (Fsp3) is 0.0833. The van der Waals surface area contributed by atoms with Gasteiger partial charge in [-0.05, 0) is 42.1 Å². The van der Waals surface area contributed by atoms with Crippen LogP contribution in [0.4, 0.5) is 0 Å². The highest BCUT2D eigenvalue weighted by atomic mass is 79.9. The van der Waals surface area contributed by atoms with Gasteiger partial charge in [-0.2, -0.15) is 0 Å². The Labute approximate surface area is 105 Å². The van der Waals surface area contributed by atoms with Crippen LogP contribution in [0, 0.1) is 6.92 Å². The Morgan fingerprint density at radius 3 is 2.94 bits per heavy atom. The average Bonchev–Trinajstić information content (AvgIpc) is 2.53. The number of carbonyl (C=O) groups is 1. The van der Waals surface area contributed by atoms with Crippen molar-refractivity contribution in [1.29, 1.82) is 0 Å². The molecule has 1 heterocycles. The van der Waals surface area contributed by atoms with Crippen molar-refractivity contribution in [3.05, 3.63) is 39.2 Å². The molecule has 2 nitrogen and oxygen atoms in total. The van der Waals surface area contributed by atoms with Crippen molar-refractivity contribution in [2.45, 2.75) is 6.92 Å². The molecule has 0 saturated heterocycles. The van der Waals surface area contributed by atoms with Crippen molar-refractivity contribution in [1.82, 2.24) is 0 Å². The third-order valence-electron chi connectivity index (χ3n) is 2.31. The second-order valence-corrected chi connectivity index (χ2v) is 5.40. The van der Waals surface area contributed by atoms with E-state index in [4.69, 9.17) is 5.11 Å². The molecule has 1 aromatic carbocycles. The van der Waals surface area contributed by atoms with Crippen molar-refractivity contribution in [3.8, 4) is 0 Å². The van der Waals surface area contributed by atoms with Crippen LogP contribution >= 0.6 is 27.3 Å². The third kappa shape index (κ3) is 2.18. The van der Waals surface area contributed by atoms with Gasteiger partial charge < -0.3 is 5.11 Å². The Morgan fingerprint density at radius 2 is 2.25 bits per heavy atom. The zero-order valence-corrected chi connectivity index (χ0v) is 10.9. The summed E-state index contributed by atoms with van der Waals surface area (Å²) in [7, 11) is 0. The lowest BCUT2D eigenvalue weighted by Gasteiger charge is -1.92. The monoisotopic (exact) mass is 296 g/mol. The van der Waals surface area contributed by atoms with Crippen LogP contribution in [0.3, 0.4) is 0 Å². The van der Waals surface area contributed by atoms with Crippen LogP contribution in [-0.4, -0.2) is 11.1 Å². The van der Waals surface area contributed by atoms with Crippen molar-refractivity contribution in [2.75, 3.05) is 0 Å². The summed E-state index contributed by atoms with van der Waals surface area (Å²) >= 11 is 5.03. The Kier molecular flexibility index (Phi) is 3.12. The Hall–Kier alpha value is -1.13. The molecule has 0 bridgehead atoms. The SMILES string of the molecule is Cc1c(/C=C/C(=O)O)sc2ccc(Br)cc12. The predicted molar refractivity (Wildman–Crippen MR) is 70.9 cm³/mol. The molecule has 0 amide bonds. The lowest BCUT2D eigenvalue weighted by molar-refractivity contribution is -0.131. The highest BCUT2D eigenvalue weighted by Crippen LogP contribution is 2.33. The summed E-state index contributed by atoms with van der Waals surface area (Å²) in [5.41, 5.74) is 1.12. The molecule has 0 unspecified atom stereocenters. The van der Waals surface area contributed by atoms with Crippen LogP contribution < -0.4 is 0 Å². The van der Waals surface area contributed by atoms with Crippen LogP contribution in [0.5, 0.6) is 0 Å². The highest BCUT2D eigenvalue weighted by molar-refractivity contribution is 9.10. The van der Waals surface area contributed by atoms with Gasteiger partial charge in [-0.25, -0.2) is 4.79 Å². The van der Waals surface area contributed by atoms with Gasteiger partial charge in [0.1, 0.15) is 0 Å². The Balaban J connectivity index is 2.56. The first-order chi connectivity index (χ1) is 7.58. The van der Waals surface area contributed by atoms with Crippen molar-refractivity contribution in [2.24, 2.45) is 0 Å². The molecule has 4 heteroatoms. The summed E-state index contributed by atoms with van der Waals surface area (Å²) in [4.78, 5) is 11.5. The largest absolute Gasteiger partial charge is 0.478 e. The zero-order valence-electron chi connectivity index (χ0n) is 8.53. The molecule has 0 saturated carbocycles. The van der Waals surface area contributed by atoms with E-state index in [-0.39, 0.29) is 0 Å². The highest BCUT2D eigenvalue weighted by Gasteiger charge is 2.06. The topological polar surface area (TPSA) is 37.3 Å². The predicted octanol–water partition coefficient (Wildman–Crippen LogP) is 4.07. The van der Waals surface area contributed by atoms with Gasteiger partial charge in [0, 0.05) is 20.1 Å². The third-order valence-corrected chi connectivity index (χ3v) is 4.04. The maximum absolute atomic E-state index is 10.5. The van der Waals surface area contributed by atoms with E-state index in [0.29, 0.717) is 0 Å². The summed E-state index contributed by atoms with van der Waals surface area (Å²) in [6.45, 7) is 2.01. The van der Waals surface area contributed by atoms with Crippen molar-refractivity contribution in [3.63, 3.8) is 0 Å². The van der Waals surface area contributed by atoms with Crippen molar-refractivity contribution >= 4 is 49.4 Å². The van der Waals surface area contributed by atoms with Crippen LogP contribution in [0.1, 0.15) is 10.4 Å². The molecule has 16 heavy (non-hydrogen) atoms. The molecule has 0 fully saturated rings. The molecule has 0 atom stereocenters. The number of aryl methyl sites for hydroxylation is 1.